The topological polar surface area (TPSA) is 71.8 Å². The zero-order chi connectivity index (χ0) is 23.8. The first kappa shape index (κ1) is 22.1. The molecule has 1 atom stereocenters. The van der Waals surface area contributed by atoms with Crippen LogP contribution in [0.15, 0.2) is 29.1 Å². The third kappa shape index (κ3) is 3.16. The highest BCUT2D eigenvalue weighted by Gasteiger charge is 2.63. The summed E-state index contributed by atoms with van der Waals surface area (Å²) in [5, 5.41) is 2.41. The Morgan fingerprint density at radius 3 is 2.74 bits per heavy atom. The van der Waals surface area contributed by atoms with Gasteiger partial charge in [0.15, 0.2) is 5.82 Å². The molecule has 178 valence electrons. The minimum absolute atomic E-state index is 0.171. The number of aryl methyl sites for hydroxylation is 1. The molecule has 1 saturated carbocycles. The lowest BCUT2D eigenvalue weighted by Gasteiger charge is -2.62. The standard InChI is InChI=1S/C25H27ClFN5O2/c1-14-15(2)29-21-9-20(24-6-7-34-25(12-24,13-24)16-10-28-31(3)11-16)30-22(32(21)23(14)33)18-5-4-17(26)8-19(18)27/h4-5,8-9,16,28H,6-7,10-13H2,1-3H3. The zero-order valence-electron chi connectivity index (χ0n) is 19.5. The zero-order valence-corrected chi connectivity index (χ0v) is 20.2. The Labute approximate surface area is 201 Å². The quantitative estimate of drug-likeness (QED) is 0.615. The molecule has 5 heterocycles. The molecule has 3 aromatic rings. The molecule has 2 aromatic heterocycles. The average Bonchev–Trinajstić information content (AvgIpc) is 3.23. The molecule has 4 fully saturated rings. The van der Waals surface area contributed by atoms with E-state index >= 15 is 4.39 Å². The normalized spacial score (nSPS) is 28.9. The highest BCUT2D eigenvalue weighted by atomic mass is 35.5. The van der Waals surface area contributed by atoms with Crippen LogP contribution in [0.1, 0.15) is 36.2 Å². The Kier molecular flexibility index (Phi) is 4.91. The van der Waals surface area contributed by atoms with E-state index in [-0.39, 0.29) is 28.0 Å². The van der Waals surface area contributed by atoms with E-state index < -0.39 is 5.82 Å². The summed E-state index contributed by atoms with van der Waals surface area (Å²) in [7, 11) is 2.05. The molecule has 0 spiro atoms. The van der Waals surface area contributed by atoms with Crippen LogP contribution in [0.4, 0.5) is 4.39 Å². The van der Waals surface area contributed by atoms with Crippen molar-refractivity contribution >= 4 is 17.2 Å². The van der Waals surface area contributed by atoms with Crippen molar-refractivity contribution in [3.8, 4) is 11.4 Å². The monoisotopic (exact) mass is 483 g/mol. The van der Waals surface area contributed by atoms with Crippen molar-refractivity contribution < 1.29 is 9.13 Å². The van der Waals surface area contributed by atoms with Gasteiger partial charge in [0.25, 0.3) is 5.56 Å². The molecule has 3 saturated heterocycles. The summed E-state index contributed by atoms with van der Waals surface area (Å²) in [6, 6.07) is 6.36. The molecule has 7 rings (SSSR count). The van der Waals surface area contributed by atoms with Crippen molar-refractivity contribution in [2.24, 2.45) is 5.92 Å². The minimum Gasteiger partial charge on any atom is -0.375 e. The molecular weight excluding hydrogens is 457 g/mol. The van der Waals surface area contributed by atoms with Gasteiger partial charge in [-0.25, -0.2) is 23.8 Å². The molecule has 34 heavy (non-hydrogen) atoms. The fourth-order valence-electron chi connectivity index (χ4n) is 6.09. The molecule has 3 aliphatic heterocycles. The average molecular weight is 484 g/mol. The summed E-state index contributed by atoms with van der Waals surface area (Å²) >= 11 is 6.01. The molecule has 1 aliphatic carbocycles. The molecule has 2 bridgehead atoms. The van der Waals surface area contributed by atoms with Gasteiger partial charge in [-0.2, -0.15) is 0 Å². The second-order valence-electron chi connectivity index (χ2n) is 10.1. The van der Waals surface area contributed by atoms with Crippen molar-refractivity contribution in [2.75, 3.05) is 26.7 Å². The maximum absolute atomic E-state index is 15.1. The first-order valence-electron chi connectivity index (χ1n) is 11.7. The summed E-state index contributed by atoms with van der Waals surface area (Å²) in [5.41, 5.74) is 5.57. The Morgan fingerprint density at radius 1 is 1.24 bits per heavy atom. The number of aromatic nitrogens is 3. The van der Waals surface area contributed by atoms with Gasteiger partial charge in [0.1, 0.15) is 11.5 Å². The van der Waals surface area contributed by atoms with E-state index in [1.165, 1.54) is 10.5 Å². The third-order valence-electron chi connectivity index (χ3n) is 8.09. The predicted molar refractivity (Wildman–Crippen MR) is 127 cm³/mol. The molecule has 1 N–H and O–H groups in total. The Morgan fingerprint density at radius 2 is 2.03 bits per heavy atom. The predicted octanol–water partition coefficient (Wildman–Crippen LogP) is 3.42. The van der Waals surface area contributed by atoms with Crippen molar-refractivity contribution in [1.82, 2.24) is 24.8 Å². The van der Waals surface area contributed by atoms with Gasteiger partial charge in [0.05, 0.1) is 16.9 Å². The van der Waals surface area contributed by atoms with E-state index in [0.717, 1.165) is 38.0 Å². The van der Waals surface area contributed by atoms with Gasteiger partial charge in [-0.1, -0.05) is 11.6 Å². The van der Waals surface area contributed by atoms with Crippen LogP contribution in [0, 0.1) is 25.6 Å². The first-order valence-corrected chi connectivity index (χ1v) is 12.0. The molecular formula is C25H27ClFN5O2. The molecule has 7 nitrogen and oxygen atoms in total. The number of benzene rings is 1. The van der Waals surface area contributed by atoms with Crippen molar-refractivity contribution in [3.63, 3.8) is 0 Å². The van der Waals surface area contributed by atoms with Gasteiger partial charge in [-0.3, -0.25) is 10.2 Å². The van der Waals surface area contributed by atoms with Crippen LogP contribution in [0.25, 0.3) is 17.0 Å². The second-order valence-corrected chi connectivity index (χ2v) is 10.6. The van der Waals surface area contributed by atoms with Gasteiger partial charge < -0.3 is 4.74 Å². The number of rotatable bonds is 3. The van der Waals surface area contributed by atoms with Gasteiger partial charge in [-0.05, 0) is 51.3 Å². The number of fused-ring (bicyclic) bond motifs is 3. The summed E-state index contributed by atoms with van der Waals surface area (Å²) in [6.45, 7) is 6.05. The van der Waals surface area contributed by atoms with Crippen LogP contribution in [-0.2, 0) is 10.2 Å². The number of ether oxygens (including phenoxy) is 1. The third-order valence-corrected chi connectivity index (χ3v) is 8.32. The number of hydrogen-bond donors (Lipinski definition) is 1. The van der Waals surface area contributed by atoms with E-state index in [4.69, 9.17) is 26.3 Å². The summed E-state index contributed by atoms with van der Waals surface area (Å²) in [5.74, 6) is 0.157. The maximum atomic E-state index is 15.1. The van der Waals surface area contributed by atoms with Crippen LogP contribution in [-0.4, -0.2) is 51.7 Å². The van der Waals surface area contributed by atoms with Crippen LogP contribution in [0.2, 0.25) is 5.02 Å². The summed E-state index contributed by atoms with van der Waals surface area (Å²) < 4.78 is 22.9. The lowest BCUT2D eigenvalue weighted by molar-refractivity contribution is -0.218. The SMILES string of the molecule is Cc1nc2cc(C34CCOC(C5CNN(C)C5)(C3)C4)nc(-c3ccc(Cl)cc3F)n2c(=O)c1C. The fraction of sp³-hybridized carbons (Fsp3) is 0.480. The Balaban J connectivity index is 1.52. The summed E-state index contributed by atoms with van der Waals surface area (Å²) in [6.07, 6.45) is 2.56. The van der Waals surface area contributed by atoms with Crippen molar-refractivity contribution in [2.45, 2.75) is 44.1 Å². The van der Waals surface area contributed by atoms with Crippen molar-refractivity contribution in [1.29, 1.82) is 0 Å². The van der Waals surface area contributed by atoms with Gasteiger partial charge in [-0.15, -0.1) is 0 Å². The number of hydrazine groups is 1. The van der Waals surface area contributed by atoms with E-state index in [0.29, 0.717) is 34.5 Å². The lowest BCUT2D eigenvalue weighted by atomic mass is 9.51. The largest absolute Gasteiger partial charge is 0.375 e. The smallest absolute Gasteiger partial charge is 0.262 e. The van der Waals surface area contributed by atoms with Gasteiger partial charge in [0, 0.05) is 60.4 Å². The van der Waals surface area contributed by atoms with Crippen molar-refractivity contribution in [3.05, 3.63) is 62.4 Å². The number of nitrogens with zero attached hydrogens (tertiary/aromatic N) is 4. The number of halogens is 2. The molecule has 0 radical (unpaired) electrons. The Hall–Kier alpha value is -2.39. The summed E-state index contributed by atoms with van der Waals surface area (Å²) in [4.78, 5) is 22.9. The van der Waals surface area contributed by atoms with Gasteiger partial charge >= 0.3 is 0 Å². The number of hydrogen-bond acceptors (Lipinski definition) is 6. The van der Waals surface area contributed by atoms with E-state index in [1.807, 2.05) is 13.0 Å². The van der Waals surface area contributed by atoms with Crippen LogP contribution < -0.4 is 11.0 Å². The highest BCUT2D eigenvalue weighted by molar-refractivity contribution is 6.30. The highest BCUT2D eigenvalue weighted by Crippen LogP contribution is 2.60. The molecule has 9 heteroatoms. The van der Waals surface area contributed by atoms with E-state index in [9.17, 15) is 4.79 Å². The second kappa shape index (κ2) is 7.55. The minimum atomic E-state index is -0.518. The fourth-order valence-corrected chi connectivity index (χ4v) is 6.25. The van der Waals surface area contributed by atoms with Crippen LogP contribution >= 0.6 is 11.6 Å². The lowest BCUT2D eigenvalue weighted by Crippen LogP contribution is -2.65. The molecule has 0 amide bonds. The first-order chi connectivity index (χ1) is 16.2. The maximum Gasteiger partial charge on any atom is 0.262 e. The molecule has 1 aromatic carbocycles. The van der Waals surface area contributed by atoms with E-state index in [1.54, 1.807) is 19.1 Å². The van der Waals surface area contributed by atoms with Crippen LogP contribution in [0.5, 0.6) is 0 Å². The number of nitrogens with one attached hydrogen (secondary N) is 1. The Bertz CT molecular complexity index is 1380. The molecule has 1 unspecified atom stereocenters. The van der Waals surface area contributed by atoms with E-state index in [2.05, 4.69) is 17.5 Å². The van der Waals surface area contributed by atoms with Crippen LogP contribution in [0.3, 0.4) is 0 Å². The molecule has 4 aliphatic rings. The van der Waals surface area contributed by atoms with Gasteiger partial charge in [0.2, 0.25) is 0 Å².